The number of hydrogen-bond acceptors (Lipinski definition) is 4. The Labute approximate surface area is 142 Å². The van der Waals surface area contributed by atoms with Gasteiger partial charge in [0, 0.05) is 17.5 Å². The summed E-state index contributed by atoms with van der Waals surface area (Å²) in [5, 5.41) is 13.3. The molecule has 3 aromatic carbocycles. The predicted molar refractivity (Wildman–Crippen MR) is 96.2 cm³/mol. The molecule has 0 N–H and O–H groups in total. The van der Waals surface area contributed by atoms with Crippen LogP contribution in [0.4, 0.5) is 5.69 Å². The van der Waals surface area contributed by atoms with Gasteiger partial charge in [-0.25, -0.2) is 4.98 Å². The van der Waals surface area contributed by atoms with E-state index in [1.54, 1.807) is 11.5 Å². The summed E-state index contributed by atoms with van der Waals surface area (Å²) in [6.07, 6.45) is 0. The van der Waals surface area contributed by atoms with Crippen molar-refractivity contribution in [1.29, 1.82) is 0 Å². The zero-order valence-electron chi connectivity index (χ0n) is 13.3. The van der Waals surface area contributed by atoms with Crippen molar-refractivity contribution < 1.29 is 4.92 Å². The van der Waals surface area contributed by atoms with Crippen molar-refractivity contribution in [1.82, 2.24) is 9.55 Å². The van der Waals surface area contributed by atoms with Crippen LogP contribution in [0.2, 0.25) is 0 Å². The fourth-order valence-electron chi connectivity index (χ4n) is 3.09. The van der Waals surface area contributed by atoms with E-state index in [0.29, 0.717) is 16.7 Å². The topological polar surface area (TPSA) is 78.0 Å². The number of nitro benzene ring substituents is 1. The molecule has 0 saturated carbocycles. The number of benzene rings is 3. The minimum Gasteiger partial charge on any atom is -0.268 e. The van der Waals surface area contributed by atoms with Gasteiger partial charge in [-0.3, -0.25) is 19.5 Å². The summed E-state index contributed by atoms with van der Waals surface area (Å²) in [6, 6.07) is 17.7. The van der Waals surface area contributed by atoms with E-state index in [2.05, 4.69) is 4.98 Å². The minimum absolute atomic E-state index is 0.0817. The maximum absolute atomic E-state index is 13.0. The molecule has 122 valence electrons. The number of aryl methyl sites for hydroxylation is 1. The third-order valence-corrected chi connectivity index (χ3v) is 4.24. The van der Waals surface area contributed by atoms with Gasteiger partial charge < -0.3 is 0 Å². The van der Waals surface area contributed by atoms with Crippen molar-refractivity contribution in [2.75, 3.05) is 0 Å². The molecule has 0 spiro atoms. The summed E-state index contributed by atoms with van der Waals surface area (Å²) in [7, 11) is 0. The van der Waals surface area contributed by atoms with E-state index in [1.165, 1.54) is 18.2 Å². The van der Waals surface area contributed by atoms with Gasteiger partial charge in [0.15, 0.2) is 0 Å². The molecule has 0 fully saturated rings. The van der Waals surface area contributed by atoms with Gasteiger partial charge in [0.25, 0.3) is 11.2 Å². The van der Waals surface area contributed by atoms with Crippen LogP contribution in [-0.4, -0.2) is 14.5 Å². The van der Waals surface area contributed by atoms with Crippen LogP contribution in [0.25, 0.3) is 27.4 Å². The number of nitrogens with zero attached hydrogens (tertiary/aromatic N) is 3. The van der Waals surface area contributed by atoms with Crippen LogP contribution in [0.5, 0.6) is 0 Å². The van der Waals surface area contributed by atoms with E-state index in [1.807, 2.05) is 42.5 Å². The second-order valence-electron chi connectivity index (χ2n) is 5.76. The summed E-state index contributed by atoms with van der Waals surface area (Å²) in [4.78, 5) is 27.9. The van der Waals surface area contributed by atoms with Crippen molar-refractivity contribution in [3.8, 4) is 5.69 Å². The van der Waals surface area contributed by atoms with Crippen molar-refractivity contribution >= 4 is 27.4 Å². The lowest BCUT2D eigenvalue weighted by molar-refractivity contribution is -0.384. The Morgan fingerprint density at radius 1 is 1.00 bits per heavy atom. The monoisotopic (exact) mass is 331 g/mol. The number of aromatic nitrogens is 2. The highest BCUT2D eigenvalue weighted by molar-refractivity contribution is 5.90. The Morgan fingerprint density at radius 3 is 2.56 bits per heavy atom. The first-order chi connectivity index (χ1) is 12.1. The van der Waals surface area contributed by atoms with Crippen molar-refractivity contribution in [3.63, 3.8) is 0 Å². The van der Waals surface area contributed by atoms with Gasteiger partial charge >= 0.3 is 0 Å². The van der Waals surface area contributed by atoms with Gasteiger partial charge in [-0.15, -0.1) is 0 Å². The molecule has 4 rings (SSSR count). The molecule has 0 aliphatic heterocycles. The molecule has 6 heteroatoms. The molecule has 0 radical (unpaired) electrons. The highest BCUT2D eigenvalue weighted by Gasteiger charge is 2.15. The lowest BCUT2D eigenvalue weighted by atomic mass is 10.1. The first-order valence-electron chi connectivity index (χ1n) is 7.72. The normalized spacial score (nSPS) is 11.1. The Bertz CT molecular complexity index is 1210. The average molecular weight is 331 g/mol. The lowest BCUT2D eigenvalue weighted by Crippen LogP contribution is -2.22. The van der Waals surface area contributed by atoms with Crippen molar-refractivity contribution in [3.05, 3.63) is 87.0 Å². The fourth-order valence-corrected chi connectivity index (χ4v) is 3.09. The quantitative estimate of drug-likeness (QED) is 0.414. The predicted octanol–water partition coefficient (Wildman–Crippen LogP) is 3.76. The maximum atomic E-state index is 13.0. The van der Waals surface area contributed by atoms with Gasteiger partial charge in [0.2, 0.25) is 0 Å². The van der Waals surface area contributed by atoms with Crippen LogP contribution >= 0.6 is 0 Å². The molecule has 0 atom stereocenters. The standard InChI is InChI=1S/C19H13N3O3/c1-12-20-17-11-14(22(24)25)9-10-16(17)19(23)21(12)18-8-4-6-13-5-2-3-7-15(13)18/h2-11H,1H3. The van der Waals surface area contributed by atoms with Gasteiger partial charge in [-0.1, -0.05) is 36.4 Å². The second-order valence-corrected chi connectivity index (χ2v) is 5.76. The van der Waals surface area contributed by atoms with Crippen molar-refractivity contribution in [2.24, 2.45) is 0 Å². The van der Waals surface area contributed by atoms with E-state index in [9.17, 15) is 14.9 Å². The van der Waals surface area contributed by atoms with E-state index >= 15 is 0 Å². The number of hydrogen-bond donors (Lipinski definition) is 0. The molecular weight excluding hydrogens is 318 g/mol. The summed E-state index contributed by atoms with van der Waals surface area (Å²) < 4.78 is 1.55. The number of rotatable bonds is 2. The lowest BCUT2D eigenvalue weighted by Gasteiger charge is -2.13. The first kappa shape index (κ1) is 15.0. The molecule has 25 heavy (non-hydrogen) atoms. The zero-order chi connectivity index (χ0) is 17.6. The van der Waals surface area contributed by atoms with Crippen LogP contribution in [0.3, 0.4) is 0 Å². The Morgan fingerprint density at radius 2 is 1.76 bits per heavy atom. The molecule has 4 aromatic rings. The summed E-state index contributed by atoms with van der Waals surface area (Å²) in [6.45, 7) is 1.72. The smallest absolute Gasteiger partial charge is 0.268 e. The van der Waals surface area contributed by atoms with Gasteiger partial charge in [-0.05, 0) is 24.4 Å². The van der Waals surface area contributed by atoms with E-state index in [4.69, 9.17) is 0 Å². The van der Waals surface area contributed by atoms with E-state index in [0.717, 1.165) is 16.5 Å². The van der Waals surface area contributed by atoms with Crippen LogP contribution in [0.15, 0.2) is 65.5 Å². The van der Waals surface area contributed by atoms with Crippen molar-refractivity contribution in [2.45, 2.75) is 6.92 Å². The average Bonchev–Trinajstić information content (AvgIpc) is 2.61. The number of non-ortho nitro benzene ring substituents is 1. The molecule has 0 saturated heterocycles. The summed E-state index contributed by atoms with van der Waals surface area (Å²) in [5.41, 5.74) is 0.747. The SMILES string of the molecule is Cc1nc2cc([N+](=O)[O-])ccc2c(=O)n1-c1cccc2ccccc12. The van der Waals surface area contributed by atoms with E-state index in [-0.39, 0.29) is 11.2 Å². The Kier molecular flexibility index (Phi) is 3.32. The third-order valence-electron chi connectivity index (χ3n) is 4.24. The molecule has 0 aliphatic rings. The highest BCUT2D eigenvalue weighted by Crippen LogP contribution is 2.23. The molecule has 1 aromatic heterocycles. The molecule has 0 aliphatic carbocycles. The highest BCUT2D eigenvalue weighted by atomic mass is 16.6. The van der Waals surface area contributed by atoms with E-state index < -0.39 is 4.92 Å². The Balaban J connectivity index is 2.07. The molecule has 1 heterocycles. The second kappa shape index (κ2) is 5.52. The summed E-state index contributed by atoms with van der Waals surface area (Å²) in [5.74, 6) is 0.481. The zero-order valence-corrected chi connectivity index (χ0v) is 13.3. The maximum Gasteiger partial charge on any atom is 0.271 e. The van der Waals surface area contributed by atoms with Crippen LogP contribution in [0, 0.1) is 17.0 Å². The third kappa shape index (κ3) is 2.35. The van der Waals surface area contributed by atoms with Gasteiger partial charge in [0.1, 0.15) is 5.82 Å². The van der Waals surface area contributed by atoms with Gasteiger partial charge in [-0.2, -0.15) is 0 Å². The molecule has 0 amide bonds. The molecule has 0 unspecified atom stereocenters. The first-order valence-corrected chi connectivity index (χ1v) is 7.72. The largest absolute Gasteiger partial charge is 0.271 e. The molecule has 6 nitrogen and oxygen atoms in total. The van der Waals surface area contributed by atoms with Crippen LogP contribution in [-0.2, 0) is 0 Å². The Hall–Kier alpha value is -3.54. The minimum atomic E-state index is -0.493. The molecule has 0 bridgehead atoms. The molecular formula is C19H13N3O3. The van der Waals surface area contributed by atoms with Crippen LogP contribution in [0.1, 0.15) is 5.82 Å². The number of nitro groups is 1. The van der Waals surface area contributed by atoms with Gasteiger partial charge in [0.05, 0.1) is 21.5 Å². The van der Waals surface area contributed by atoms with Crippen LogP contribution < -0.4 is 5.56 Å². The fraction of sp³-hybridized carbons (Fsp3) is 0.0526. The number of fused-ring (bicyclic) bond motifs is 2. The summed E-state index contributed by atoms with van der Waals surface area (Å²) >= 11 is 0.